The molecule has 33 heavy (non-hydrogen) atoms. The molecule has 3 amide bonds. The fourth-order valence-electron chi connectivity index (χ4n) is 2.87. The van der Waals surface area contributed by atoms with Crippen LogP contribution in [0.3, 0.4) is 0 Å². The summed E-state index contributed by atoms with van der Waals surface area (Å²) in [5, 5.41) is 10.8. The first-order valence-corrected chi connectivity index (χ1v) is 11.3. The predicted molar refractivity (Wildman–Crippen MR) is 127 cm³/mol. The second-order valence-corrected chi connectivity index (χ2v) is 10.2. The third-order valence-electron chi connectivity index (χ3n) is 6.17. The predicted octanol–water partition coefficient (Wildman–Crippen LogP) is 0.325. The zero-order valence-corrected chi connectivity index (χ0v) is 21.8. The number of Topliss-reactive ketones (excluding diaryl/α,β-unsaturated/α-hetero) is 2. The molecule has 0 rings (SSSR count). The molecule has 0 aliphatic heterocycles. The lowest BCUT2D eigenvalue weighted by Gasteiger charge is -2.37. The summed E-state index contributed by atoms with van der Waals surface area (Å²) < 4.78 is 0. The van der Waals surface area contributed by atoms with Crippen LogP contribution < -0.4 is 27.0 Å². The lowest BCUT2D eigenvalue weighted by atomic mass is 9.89. The van der Waals surface area contributed by atoms with Crippen LogP contribution in [0, 0.1) is 0 Å². The zero-order valence-electron chi connectivity index (χ0n) is 21.8. The van der Waals surface area contributed by atoms with Gasteiger partial charge in [-0.25, -0.2) is 0 Å². The molecule has 3 unspecified atom stereocenters. The first-order chi connectivity index (χ1) is 14.8. The summed E-state index contributed by atoms with van der Waals surface area (Å²) in [6.07, 6.45) is 0.913. The van der Waals surface area contributed by atoms with Gasteiger partial charge in [-0.3, -0.25) is 29.3 Å². The maximum absolute atomic E-state index is 12.8. The van der Waals surface area contributed by atoms with Crippen LogP contribution in [0.25, 0.3) is 0 Å². The molecule has 0 aliphatic rings. The van der Waals surface area contributed by atoms with Crippen molar-refractivity contribution in [2.24, 2.45) is 5.73 Å². The van der Waals surface area contributed by atoms with E-state index in [0.29, 0.717) is 12.8 Å². The van der Waals surface area contributed by atoms with Gasteiger partial charge < -0.3 is 21.7 Å². The van der Waals surface area contributed by atoms with E-state index in [1.165, 1.54) is 27.7 Å². The van der Waals surface area contributed by atoms with Crippen LogP contribution in [0.15, 0.2) is 0 Å². The minimum atomic E-state index is -1.34. The minimum Gasteiger partial charge on any atom is -0.347 e. The highest BCUT2D eigenvalue weighted by Crippen LogP contribution is 2.17. The Bertz CT molecular complexity index is 775. The molecule has 0 bridgehead atoms. The van der Waals surface area contributed by atoms with Gasteiger partial charge in [-0.05, 0) is 68.2 Å². The molecule has 190 valence electrons. The highest BCUT2D eigenvalue weighted by atomic mass is 16.2. The molecule has 0 heterocycles. The number of carbonyl (C=O) groups excluding carboxylic acids is 5. The van der Waals surface area contributed by atoms with Crippen molar-refractivity contribution in [3.05, 3.63) is 0 Å². The fourth-order valence-corrected chi connectivity index (χ4v) is 2.87. The van der Waals surface area contributed by atoms with Crippen molar-refractivity contribution in [2.75, 3.05) is 6.54 Å². The number of nitrogens with one attached hydrogen (secondary N) is 4. The highest BCUT2D eigenvalue weighted by Gasteiger charge is 2.39. The maximum Gasteiger partial charge on any atom is 0.245 e. The number of rotatable bonds is 13. The standard InChI is InChI=1S/C23H43N5O5/c1-11-22(9,24)16(30)13-25-18(32)20(5,6)27-17(31)14(3)26-19(33)21(7,8)28-23(10,12-2)15(4)29/h14,28H,11-13,24H2,1-10H3,(H,25,32)(H,26,33)(H,27,31). The normalized spacial score (nSPS) is 16.6. The van der Waals surface area contributed by atoms with Gasteiger partial charge in [0, 0.05) is 0 Å². The van der Waals surface area contributed by atoms with Crippen LogP contribution in [-0.2, 0) is 24.0 Å². The van der Waals surface area contributed by atoms with Gasteiger partial charge in [-0.2, -0.15) is 0 Å². The van der Waals surface area contributed by atoms with Crippen molar-refractivity contribution in [1.82, 2.24) is 21.3 Å². The Balaban J connectivity index is 5.08. The third kappa shape index (κ3) is 8.51. The van der Waals surface area contributed by atoms with E-state index in [9.17, 15) is 24.0 Å². The van der Waals surface area contributed by atoms with Crippen LogP contribution >= 0.6 is 0 Å². The summed E-state index contributed by atoms with van der Waals surface area (Å²) in [7, 11) is 0. The van der Waals surface area contributed by atoms with E-state index in [-0.39, 0.29) is 18.1 Å². The molecule has 0 spiro atoms. The largest absolute Gasteiger partial charge is 0.347 e. The van der Waals surface area contributed by atoms with Gasteiger partial charge in [0.15, 0.2) is 5.78 Å². The smallest absolute Gasteiger partial charge is 0.245 e. The summed E-state index contributed by atoms with van der Waals surface area (Å²) in [6.45, 7) is 15.9. The fraction of sp³-hybridized carbons (Fsp3) is 0.783. The number of carbonyl (C=O) groups is 5. The van der Waals surface area contributed by atoms with E-state index in [2.05, 4.69) is 21.3 Å². The summed E-state index contributed by atoms with van der Waals surface area (Å²) in [5.74, 6) is -2.03. The van der Waals surface area contributed by atoms with Crippen LogP contribution in [0.2, 0.25) is 0 Å². The Kier molecular flexibility index (Phi) is 10.4. The summed E-state index contributed by atoms with van der Waals surface area (Å²) in [6, 6.07) is -0.954. The topological polar surface area (TPSA) is 159 Å². The Morgan fingerprint density at radius 1 is 0.848 bits per heavy atom. The Morgan fingerprint density at radius 2 is 1.36 bits per heavy atom. The minimum absolute atomic E-state index is 0.100. The molecule has 0 aromatic rings. The molecule has 0 fully saturated rings. The van der Waals surface area contributed by atoms with E-state index < -0.39 is 45.9 Å². The van der Waals surface area contributed by atoms with Gasteiger partial charge in [0.05, 0.1) is 23.2 Å². The van der Waals surface area contributed by atoms with Crippen molar-refractivity contribution in [3.8, 4) is 0 Å². The number of ketones is 2. The summed E-state index contributed by atoms with van der Waals surface area (Å²) in [4.78, 5) is 62.1. The van der Waals surface area contributed by atoms with Crippen molar-refractivity contribution >= 4 is 29.3 Å². The van der Waals surface area contributed by atoms with E-state index in [1.807, 2.05) is 6.92 Å². The van der Waals surface area contributed by atoms with Crippen LogP contribution in [0.1, 0.15) is 82.1 Å². The zero-order chi connectivity index (χ0) is 26.4. The van der Waals surface area contributed by atoms with E-state index >= 15 is 0 Å². The third-order valence-corrected chi connectivity index (χ3v) is 6.17. The van der Waals surface area contributed by atoms with E-state index in [4.69, 9.17) is 5.73 Å². The van der Waals surface area contributed by atoms with Crippen LogP contribution in [0.5, 0.6) is 0 Å². The molecule has 0 aromatic carbocycles. The molecule has 0 radical (unpaired) electrons. The van der Waals surface area contributed by atoms with Gasteiger partial charge in [0.2, 0.25) is 17.7 Å². The average molecular weight is 470 g/mol. The van der Waals surface area contributed by atoms with E-state index in [0.717, 1.165) is 0 Å². The molecule has 10 heteroatoms. The van der Waals surface area contributed by atoms with Crippen molar-refractivity contribution in [1.29, 1.82) is 0 Å². The van der Waals surface area contributed by atoms with Crippen molar-refractivity contribution in [3.63, 3.8) is 0 Å². The van der Waals surface area contributed by atoms with Gasteiger partial charge in [-0.1, -0.05) is 13.8 Å². The SMILES string of the molecule is CCC(C)(N)C(=O)CNC(=O)C(C)(C)NC(=O)C(C)NC(=O)C(C)(C)NC(C)(CC)C(C)=O. The second kappa shape index (κ2) is 11.2. The van der Waals surface area contributed by atoms with Crippen molar-refractivity contribution < 1.29 is 24.0 Å². The number of nitrogens with two attached hydrogens (primary N) is 1. The molecule has 0 aromatic heterocycles. The second-order valence-electron chi connectivity index (χ2n) is 10.2. The number of hydrogen-bond acceptors (Lipinski definition) is 7. The molecule has 0 saturated carbocycles. The quantitative estimate of drug-likeness (QED) is 0.260. The average Bonchev–Trinajstić information content (AvgIpc) is 2.70. The lowest BCUT2D eigenvalue weighted by Crippen LogP contribution is -2.65. The molecule has 6 N–H and O–H groups in total. The number of amides is 3. The number of hydrogen-bond donors (Lipinski definition) is 5. The van der Waals surface area contributed by atoms with Crippen molar-refractivity contribution in [2.45, 2.75) is 110 Å². The Labute approximate surface area is 197 Å². The van der Waals surface area contributed by atoms with Crippen LogP contribution in [-0.4, -0.2) is 64.0 Å². The van der Waals surface area contributed by atoms with Gasteiger partial charge in [-0.15, -0.1) is 0 Å². The molecule has 3 atom stereocenters. The summed E-state index contributed by atoms with van der Waals surface area (Å²) >= 11 is 0. The first-order valence-electron chi connectivity index (χ1n) is 11.3. The van der Waals surface area contributed by atoms with Gasteiger partial charge in [0.1, 0.15) is 17.4 Å². The van der Waals surface area contributed by atoms with Crippen LogP contribution in [0.4, 0.5) is 0 Å². The van der Waals surface area contributed by atoms with Gasteiger partial charge >= 0.3 is 0 Å². The molecule has 0 saturated heterocycles. The Hall–Kier alpha value is -2.33. The maximum atomic E-state index is 12.8. The van der Waals surface area contributed by atoms with Gasteiger partial charge in [0.25, 0.3) is 0 Å². The monoisotopic (exact) mass is 469 g/mol. The Morgan fingerprint density at radius 3 is 1.79 bits per heavy atom. The lowest BCUT2D eigenvalue weighted by molar-refractivity contribution is -0.136. The molecular weight excluding hydrogens is 426 g/mol. The summed E-state index contributed by atoms with van der Waals surface area (Å²) in [5.41, 5.74) is 1.48. The molecule has 0 aliphatic carbocycles. The first kappa shape index (κ1) is 30.7. The highest BCUT2D eigenvalue weighted by molar-refractivity contribution is 5.98. The molecular formula is C23H43N5O5. The molecule has 10 nitrogen and oxygen atoms in total. The van der Waals surface area contributed by atoms with E-state index in [1.54, 1.807) is 34.6 Å².